The third kappa shape index (κ3) is 3.22. The molecule has 3 rings (SSSR count). The average molecular weight is 319 g/mol. The molecule has 4 nitrogen and oxygen atoms in total. The van der Waals surface area contributed by atoms with Crippen LogP contribution in [0.2, 0.25) is 0 Å². The number of nitrogens with two attached hydrogens (primary N) is 1. The lowest BCUT2D eigenvalue weighted by atomic mass is 10.1. The molecule has 0 saturated carbocycles. The van der Waals surface area contributed by atoms with Crippen molar-refractivity contribution >= 4 is 22.4 Å². The predicted octanol–water partition coefficient (Wildman–Crippen LogP) is 3.72. The van der Waals surface area contributed by atoms with Crippen molar-refractivity contribution in [2.45, 2.75) is 0 Å². The summed E-state index contributed by atoms with van der Waals surface area (Å²) in [4.78, 5) is 12.1. The standard InChI is InChI=1S/C20H17NO3/c1-23-20(22)19(18(21)15-8-3-2-4-9-15)24-17-12-11-14-7-5-6-10-16(14)13-17/h2-13H,21H2,1H3/b19-18+. The summed E-state index contributed by atoms with van der Waals surface area (Å²) in [6, 6.07) is 22.7. The van der Waals surface area contributed by atoms with E-state index >= 15 is 0 Å². The van der Waals surface area contributed by atoms with E-state index in [1.807, 2.05) is 66.7 Å². The normalized spacial score (nSPS) is 11.7. The van der Waals surface area contributed by atoms with E-state index in [0.717, 1.165) is 10.8 Å². The van der Waals surface area contributed by atoms with Crippen molar-refractivity contribution in [3.05, 3.63) is 84.1 Å². The van der Waals surface area contributed by atoms with Crippen molar-refractivity contribution < 1.29 is 14.3 Å². The lowest BCUT2D eigenvalue weighted by Crippen LogP contribution is -2.17. The molecule has 0 bridgehead atoms. The Morgan fingerprint density at radius 1 is 0.875 bits per heavy atom. The summed E-state index contributed by atoms with van der Waals surface area (Å²) in [6.45, 7) is 0. The van der Waals surface area contributed by atoms with E-state index in [2.05, 4.69) is 0 Å². The van der Waals surface area contributed by atoms with Crippen molar-refractivity contribution in [2.75, 3.05) is 7.11 Å². The molecule has 0 heterocycles. The van der Waals surface area contributed by atoms with Crippen molar-refractivity contribution in [1.29, 1.82) is 0 Å². The molecule has 24 heavy (non-hydrogen) atoms. The number of rotatable bonds is 4. The van der Waals surface area contributed by atoms with E-state index in [4.69, 9.17) is 15.2 Å². The molecular weight excluding hydrogens is 302 g/mol. The second kappa shape index (κ2) is 6.87. The zero-order valence-electron chi connectivity index (χ0n) is 13.2. The summed E-state index contributed by atoms with van der Waals surface area (Å²) < 4.78 is 10.6. The summed E-state index contributed by atoms with van der Waals surface area (Å²) in [5, 5.41) is 2.10. The summed E-state index contributed by atoms with van der Waals surface area (Å²) in [5.74, 6) is -0.128. The first-order valence-corrected chi connectivity index (χ1v) is 7.49. The van der Waals surface area contributed by atoms with Gasteiger partial charge in [0.2, 0.25) is 5.76 Å². The second-order valence-corrected chi connectivity index (χ2v) is 5.21. The number of fused-ring (bicyclic) bond motifs is 1. The Balaban J connectivity index is 2.01. The van der Waals surface area contributed by atoms with E-state index in [1.54, 1.807) is 6.07 Å². The average Bonchev–Trinajstić information content (AvgIpc) is 2.65. The minimum atomic E-state index is -0.621. The number of carbonyl (C=O) groups is 1. The molecule has 0 spiro atoms. The van der Waals surface area contributed by atoms with Crippen molar-refractivity contribution in [1.82, 2.24) is 0 Å². The van der Waals surface area contributed by atoms with Gasteiger partial charge in [-0.25, -0.2) is 4.79 Å². The van der Waals surface area contributed by atoms with Gasteiger partial charge in [0, 0.05) is 5.56 Å². The van der Waals surface area contributed by atoms with Crippen LogP contribution in [0.25, 0.3) is 16.5 Å². The first-order valence-electron chi connectivity index (χ1n) is 7.49. The van der Waals surface area contributed by atoms with Crippen LogP contribution in [0.1, 0.15) is 5.56 Å². The highest BCUT2D eigenvalue weighted by molar-refractivity contribution is 5.95. The van der Waals surface area contributed by atoms with Gasteiger partial charge in [-0.1, -0.05) is 60.7 Å². The van der Waals surface area contributed by atoms with Crippen molar-refractivity contribution in [3.8, 4) is 5.75 Å². The number of ether oxygens (including phenoxy) is 2. The first-order chi connectivity index (χ1) is 11.7. The van der Waals surface area contributed by atoms with Gasteiger partial charge in [-0.15, -0.1) is 0 Å². The molecule has 0 radical (unpaired) electrons. The third-order valence-electron chi connectivity index (χ3n) is 3.64. The van der Waals surface area contributed by atoms with Gasteiger partial charge < -0.3 is 15.2 Å². The van der Waals surface area contributed by atoms with Crippen LogP contribution < -0.4 is 10.5 Å². The molecule has 0 unspecified atom stereocenters. The van der Waals surface area contributed by atoms with Gasteiger partial charge in [0.15, 0.2) is 0 Å². The summed E-state index contributed by atoms with van der Waals surface area (Å²) in [6.07, 6.45) is 0. The number of hydrogen-bond donors (Lipinski definition) is 1. The topological polar surface area (TPSA) is 61.5 Å². The highest BCUT2D eigenvalue weighted by Crippen LogP contribution is 2.24. The minimum Gasteiger partial charge on any atom is -0.463 e. The number of hydrogen-bond acceptors (Lipinski definition) is 4. The van der Waals surface area contributed by atoms with E-state index < -0.39 is 5.97 Å². The smallest absolute Gasteiger partial charge is 0.376 e. The van der Waals surface area contributed by atoms with Gasteiger partial charge in [-0.2, -0.15) is 0 Å². The molecule has 4 heteroatoms. The lowest BCUT2D eigenvalue weighted by molar-refractivity contribution is -0.138. The fourth-order valence-corrected chi connectivity index (χ4v) is 2.40. The SMILES string of the molecule is COC(=O)/C(Oc1ccc2ccccc2c1)=C(\N)c1ccccc1. The Morgan fingerprint density at radius 3 is 2.25 bits per heavy atom. The van der Waals surface area contributed by atoms with Crippen molar-refractivity contribution in [2.24, 2.45) is 5.73 Å². The van der Waals surface area contributed by atoms with Gasteiger partial charge in [-0.05, 0) is 22.9 Å². The molecule has 0 atom stereocenters. The molecule has 0 aliphatic rings. The molecule has 0 aromatic heterocycles. The van der Waals surface area contributed by atoms with Crippen LogP contribution in [0.3, 0.4) is 0 Å². The van der Waals surface area contributed by atoms with Crippen LogP contribution in [0.4, 0.5) is 0 Å². The second-order valence-electron chi connectivity index (χ2n) is 5.21. The molecule has 0 saturated heterocycles. The maximum Gasteiger partial charge on any atom is 0.376 e. The van der Waals surface area contributed by atoms with Gasteiger partial charge in [0.1, 0.15) is 5.75 Å². The highest BCUT2D eigenvalue weighted by Gasteiger charge is 2.18. The van der Waals surface area contributed by atoms with Crippen LogP contribution in [0, 0.1) is 0 Å². The Hall–Kier alpha value is -3.27. The van der Waals surface area contributed by atoms with Crippen molar-refractivity contribution in [3.63, 3.8) is 0 Å². The molecule has 2 N–H and O–H groups in total. The highest BCUT2D eigenvalue weighted by atomic mass is 16.6. The number of methoxy groups -OCH3 is 1. The van der Waals surface area contributed by atoms with E-state index in [-0.39, 0.29) is 11.5 Å². The fraction of sp³-hybridized carbons (Fsp3) is 0.0500. The predicted molar refractivity (Wildman–Crippen MR) is 94.1 cm³/mol. The van der Waals surface area contributed by atoms with E-state index in [0.29, 0.717) is 11.3 Å². The number of carbonyl (C=O) groups excluding carboxylic acids is 1. The van der Waals surface area contributed by atoms with Crippen LogP contribution in [0.15, 0.2) is 78.6 Å². The lowest BCUT2D eigenvalue weighted by Gasteiger charge is -2.12. The van der Waals surface area contributed by atoms with Gasteiger partial charge >= 0.3 is 5.97 Å². The fourth-order valence-electron chi connectivity index (χ4n) is 2.40. The Bertz CT molecular complexity index is 901. The molecule has 3 aromatic carbocycles. The third-order valence-corrected chi connectivity index (χ3v) is 3.64. The van der Waals surface area contributed by atoms with Crippen LogP contribution in [-0.2, 0) is 9.53 Å². The van der Waals surface area contributed by atoms with Crippen LogP contribution >= 0.6 is 0 Å². The van der Waals surface area contributed by atoms with E-state index in [9.17, 15) is 4.79 Å². The Morgan fingerprint density at radius 2 is 1.54 bits per heavy atom. The Labute approximate surface area is 140 Å². The monoisotopic (exact) mass is 319 g/mol. The molecule has 0 fully saturated rings. The molecular formula is C20H17NO3. The molecule has 0 amide bonds. The van der Waals surface area contributed by atoms with Gasteiger partial charge in [0.05, 0.1) is 12.8 Å². The quantitative estimate of drug-likeness (QED) is 0.452. The number of esters is 1. The molecule has 0 aliphatic heterocycles. The first kappa shape index (κ1) is 15.6. The summed E-state index contributed by atoms with van der Waals surface area (Å²) in [7, 11) is 1.30. The summed E-state index contributed by atoms with van der Waals surface area (Å²) >= 11 is 0. The Kier molecular flexibility index (Phi) is 4.47. The molecule has 3 aromatic rings. The van der Waals surface area contributed by atoms with Gasteiger partial charge in [-0.3, -0.25) is 0 Å². The maximum atomic E-state index is 12.1. The number of benzene rings is 3. The maximum absolute atomic E-state index is 12.1. The molecule has 0 aliphatic carbocycles. The minimum absolute atomic E-state index is 0.0287. The molecule has 120 valence electrons. The van der Waals surface area contributed by atoms with Gasteiger partial charge in [0.25, 0.3) is 0 Å². The van der Waals surface area contributed by atoms with Crippen LogP contribution in [0.5, 0.6) is 5.75 Å². The summed E-state index contributed by atoms with van der Waals surface area (Å²) in [5.41, 5.74) is 7.06. The zero-order chi connectivity index (χ0) is 16.9. The van der Waals surface area contributed by atoms with E-state index in [1.165, 1.54) is 7.11 Å². The zero-order valence-corrected chi connectivity index (χ0v) is 13.2. The van der Waals surface area contributed by atoms with Crippen LogP contribution in [-0.4, -0.2) is 13.1 Å². The largest absolute Gasteiger partial charge is 0.463 e.